The van der Waals surface area contributed by atoms with Crippen molar-refractivity contribution in [2.24, 2.45) is 5.41 Å². The van der Waals surface area contributed by atoms with Gasteiger partial charge in [-0.3, -0.25) is 4.90 Å². The number of nitrogens with one attached hydrogen (secondary N) is 1. The summed E-state index contributed by atoms with van der Waals surface area (Å²) in [4.78, 5) is 21.7. The number of imidazole rings is 1. The van der Waals surface area contributed by atoms with Crippen LogP contribution in [0.1, 0.15) is 43.6 Å². The van der Waals surface area contributed by atoms with Gasteiger partial charge in [-0.1, -0.05) is 13.0 Å². The number of hydrogen-bond acceptors (Lipinski definition) is 7. The first-order valence-corrected chi connectivity index (χ1v) is 14.6. The topological polar surface area (TPSA) is 75.0 Å². The molecule has 2 fully saturated rings. The number of alkyl halides is 3. The van der Waals surface area contributed by atoms with Crippen molar-refractivity contribution in [3.8, 4) is 11.3 Å². The number of hydrogen-bond donors (Lipinski definition) is 1. The second-order valence-corrected chi connectivity index (χ2v) is 12.0. The molecule has 0 aliphatic carbocycles. The van der Waals surface area contributed by atoms with Crippen molar-refractivity contribution in [2.45, 2.75) is 51.4 Å². The molecule has 0 saturated carbocycles. The van der Waals surface area contributed by atoms with Gasteiger partial charge >= 0.3 is 6.18 Å². The van der Waals surface area contributed by atoms with E-state index in [1.807, 2.05) is 6.07 Å². The molecule has 0 unspecified atom stereocenters. The van der Waals surface area contributed by atoms with Gasteiger partial charge in [-0.2, -0.15) is 13.2 Å². The normalized spacial score (nSPS) is 20.5. The van der Waals surface area contributed by atoms with Crippen molar-refractivity contribution in [3.63, 3.8) is 0 Å². The van der Waals surface area contributed by atoms with Crippen LogP contribution in [-0.4, -0.2) is 73.2 Å². The third-order valence-electron chi connectivity index (χ3n) is 9.12. The van der Waals surface area contributed by atoms with Crippen LogP contribution in [0.15, 0.2) is 36.7 Å². The van der Waals surface area contributed by atoms with Gasteiger partial charge in [0.1, 0.15) is 28.9 Å². The minimum absolute atomic E-state index is 0.0144. The predicted octanol–water partition coefficient (Wildman–Crippen LogP) is 5.88. The van der Waals surface area contributed by atoms with Crippen molar-refractivity contribution >= 4 is 22.8 Å². The molecule has 226 valence electrons. The summed E-state index contributed by atoms with van der Waals surface area (Å²) in [6, 6.07) is 4.27. The van der Waals surface area contributed by atoms with E-state index in [1.165, 1.54) is 32.0 Å². The maximum absolute atomic E-state index is 15.0. The van der Waals surface area contributed by atoms with E-state index < -0.39 is 23.9 Å². The zero-order chi connectivity index (χ0) is 29.9. The number of nitrogens with zero attached hydrogens (tertiary/aromatic N) is 7. The van der Waals surface area contributed by atoms with Crippen LogP contribution in [-0.2, 0) is 13.0 Å². The molecule has 43 heavy (non-hydrogen) atoms. The third-order valence-corrected chi connectivity index (χ3v) is 9.12. The SMILES string of the molecule is CCN1CCC2(CC1)CN(Cc1ccc(Nc3ncc(F)c(-c4cc(F)c5nc6n(c5c4)[C@H](C(F)(F)F)CC6)n3)nc1)C2. The predicted molar refractivity (Wildman–Crippen MR) is 151 cm³/mol. The van der Waals surface area contributed by atoms with E-state index in [-0.39, 0.29) is 46.9 Å². The lowest BCUT2D eigenvalue weighted by atomic mass is 9.72. The summed E-state index contributed by atoms with van der Waals surface area (Å²) in [6.07, 6.45) is 0.588. The van der Waals surface area contributed by atoms with E-state index in [9.17, 15) is 17.6 Å². The Labute approximate surface area is 245 Å². The minimum Gasteiger partial charge on any atom is -0.316 e. The molecule has 3 aliphatic heterocycles. The Morgan fingerprint density at radius 1 is 0.977 bits per heavy atom. The van der Waals surface area contributed by atoms with E-state index in [0.717, 1.165) is 48.6 Å². The molecular formula is C30H31F5N8. The molecule has 6 heterocycles. The van der Waals surface area contributed by atoms with E-state index >= 15 is 4.39 Å². The lowest BCUT2D eigenvalue weighted by molar-refractivity contribution is -0.164. The molecule has 0 bridgehead atoms. The average Bonchev–Trinajstić information content (AvgIpc) is 3.55. The largest absolute Gasteiger partial charge is 0.409 e. The Kier molecular flexibility index (Phi) is 6.84. The highest BCUT2D eigenvalue weighted by Gasteiger charge is 2.46. The molecule has 8 nitrogen and oxygen atoms in total. The number of rotatable bonds is 6. The van der Waals surface area contributed by atoms with E-state index in [2.05, 4.69) is 42.0 Å². The Morgan fingerprint density at radius 3 is 2.47 bits per heavy atom. The van der Waals surface area contributed by atoms with Crippen LogP contribution in [0.2, 0.25) is 0 Å². The van der Waals surface area contributed by atoms with E-state index in [4.69, 9.17) is 0 Å². The summed E-state index contributed by atoms with van der Waals surface area (Å²) in [6.45, 7) is 8.68. The maximum Gasteiger partial charge on any atom is 0.409 e. The molecule has 1 aromatic carbocycles. The number of anilines is 2. The smallest absolute Gasteiger partial charge is 0.316 e. The number of piperidine rings is 1. The van der Waals surface area contributed by atoms with Crippen LogP contribution in [0.3, 0.4) is 0 Å². The number of aryl methyl sites for hydroxylation is 1. The zero-order valence-corrected chi connectivity index (χ0v) is 23.6. The molecule has 7 rings (SSSR count). The van der Waals surface area contributed by atoms with Crippen molar-refractivity contribution in [1.82, 2.24) is 34.3 Å². The fraction of sp³-hybridized carbons (Fsp3) is 0.467. The summed E-state index contributed by atoms with van der Waals surface area (Å²) >= 11 is 0. The first-order valence-electron chi connectivity index (χ1n) is 14.6. The number of halogens is 5. The second-order valence-electron chi connectivity index (χ2n) is 12.0. The maximum atomic E-state index is 15.0. The molecule has 0 radical (unpaired) electrons. The van der Waals surface area contributed by atoms with Gasteiger partial charge in [-0.15, -0.1) is 0 Å². The Balaban J connectivity index is 1.06. The molecular weight excluding hydrogens is 567 g/mol. The van der Waals surface area contributed by atoms with Crippen LogP contribution in [0.4, 0.5) is 33.7 Å². The molecule has 3 aliphatic rings. The first-order chi connectivity index (χ1) is 20.6. The molecule has 0 amide bonds. The summed E-state index contributed by atoms with van der Waals surface area (Å²) in [5, 5.41) is 2.94. The highest BCUT2D eigenvalue weighted by Crippen LogP contribution is 2.43. The lowest BCUT2D eigenvalue weighted by Crippen LogP contribution is -2.59. The number of aromatic nitrogens is 5. The van der Waals surface area contributed by atoms with Gasteiger partial charge in [-0.25, -0.2) is 28.7 Å². The number of likely N-dealkylation sites (tertiary alicyclic amines) is 2. The molecule has 4 aromatic rings. The van der Waals surface area contributed by atoms with Crippen LogP contribution >= 0.6 is 0 Å². The molecule has 13 heteroatoms. The number of pyridine rings is 1. The lowest BCUT2D eigenvalue weighted by Gasteiger charge is -2.54. The van der Waals surface area contributed by atoms with Gasteiger partial charge in [0.05, 0.1) is 11.7 Å². The highest BCUT2D eigenvalue weighted by molar-refractivity contribution is 5.83. The highest BCUT2D eigenvalue weighted by atomic mass is 19.4. The molecule has 1 atom stereocenters. The Bertz CT molecular complexity index is 1650. The minimum atomic E-state index is -4.52. The zero-order valence-electron chi connectivity index (χ0n) is 23.6. The first kappa shape index (κ1) is 28.1. The second kappa shape index (κ2) is 10.5. The molecule has 1 spiro atoms. The van der Waals surface area contributed by atoms with Crippen LogP contribution < -0.4 is 5.32 Å². The van der Waals surface area contributed by atoms with Crippen LogP contribution in [0.25, 0.3) is 22.3 Å². The quantitative estimate of drug-likeness (QED) is 0.278. The van der Waals surface area contributed by atoms with Gasteiger partial charge in [0.15, 0.2) is 11.6 Å². The van der Waals surface area contributed by atoms with Gasteiger partial charge < -0.3 is 14.8 Å². The van der Waals surface area contributed by atoms with Crippen molar-refractivity contribution in [3.05, 3.63) is 59.7 Å². The van der Waals surface area contributed by atoms with Gasteiger partial charge in [0.25, 0.3) is 0 Å². The fourth-order valence-electron chi connectivity index (χ4n) is 6.84. The van der Waals surface area contributed by atoms with E-state index in [1.54, 1.807) is 12.3 Å². The van der Waals surface area contributed by atoms with Crippen molar-refractivity contribution in [1.29, 1.82) is 0 Å². The molecule has 2 saturated heterocycles. The van der Waals surface area contributed by atoms with Crippen molar-refractivity contribution in [2.75, 3.05) is 38.0 Å². The van der Waals surface area contributed by atoms with Crippen LogP contribution in [0, 0.1) is 17.0 Å². The van der Waals surface area contributed by atoms with Crippen molar-refractivity contribution < 1.29 is 22.0 Å². The Hall–Kier alpha value is -3.71. The summed E-state index contributed by atoms with van der Waals surface area (Å²) < 4.78 is 71.9. The molecule has 3 aromatic heterocycles. The number of fused-ring (bicyclic) bond motifs is 3. The van der Waals surface area contributed by atoms with E-state index in [0.29, 0.717) is 11.2 Å². The summed E-state index contributed by atoms with van der Waals surface area (Å²) in [7, 11) is 0. The number of benzene rings is 1. The summed E-state index contributed by atoms with van der Waals surface area (Å²) in [5.74, 6) is -1.07. The Morgan fingerprint density at radius 2 is 1.77 bits per heavy atom. The summed E-state index contributed by atoms with van der Waals surface area (Å²) in [5.41, 5.74) is 1.03. The van der Waals surface area contributed by atoms with Gasteiger partial charge in [0, 0.05) is 37.8 Å². The van der Waals surface area contributed by atoms with Crippen LogP contribution in [0.5, 0.6) is 0 Å². The van der Waals surface area contributed by atoms with Gasteiger partial charge in [-0.05, 0) is 68.1 Å². The average molecular weight is 599 g/mol. The third kappa shape index (κ3) is 5.22. The monoisotopic (exact) mass is 598 g/mol. The molecule has 1 N–H and O–H groups in total. The standard InChI is InChI=1S/C30H31F5N8/c1-2-41-9-7-29(8-10-41)16-42(17-29)15-18-3-5-24(36-13-18)38-28-37-14-21(32)26(40-28)19-11-20(31)27-22(12-19)43-23(30(33,34)35)4-6-25(43)39-27/h3,5,11-14,23H,2,4,6-10,15-17H2,1H3,(H,36,37,38,40)/t23-/m0/s1. The fourth-order valence-corrected chi connectivity index (χ4v) is 6.84. The van der Waals surface area contributed by atoms with Gasteiger partial charge in [0.2, 0.25) is 5.95 Å².